The normalized spacial score (nSPS) is 10.7. The van der Waals surface area contributed by atoms with Crippen molar-refractivity contribution in [3.05, 3.63) is 95.1 Å². The van der Waals surface area contributed by atoms with Crippen LogP contribution < -0.4 is 11.1 Å². The van der Waals surface area contributed by atoms with E-state index in [2.05, 4.69) is 54.7 Å². The van der Waals surface area contributed by atoms with Gasteiger partial charge in [0.15, 0.2) is 0 Å². The Labute approximate surface area is 154 Å². The number of aryl methyl sites for hydroxylation is 1. The summed E-state index contributed by atoms with van der Waals surface area (Å²) in [5.74, 6) is -0.399. The minimum atomic E-state index is -0.399. The number of carbonyl (C=O) groups is 1. The Morgan fingerprint density at radius 1 is 0.923 bits per heavy atom. The Morgan fingerprint density at radius 3 is 2.46 bits per heavy atom. The van der Waals surface area contributed by atoms with Crippen molar-refractivity contribution in [2.24, 2.45) is 5.73 Å². The van der Waals surface area contributed by atoms with Gasteiger partial charge in [-0.2, -0.15) is 0 Å². The Kier molecular flexibility index (Phi) is 5.82. The summed E-state index contributed by atoms with van der Waals surface area (Å²) in [6.45, 7) is 3.89. The zero-order chi connectivity index (χ0) is 18.4. The average Bonchev–Trinajstić information content (AvgIpc) is 2.66. The molecule has 26 heavy (non-hydrogen) atoms. The van der Waals surface area contributed by atoms with Crippen LogP contribution in [0.25, 0.3) is 11.1 Å². The number of carbonyl (C=O) groups excluding carboxylic acids is 1. The maximum Gasteiger partial charge on any atom is 0.248 e. The molecule has 0 atom stereocenters. The van der Waals surface area contributed by atoms with E-state index in [0.717, 1.165) is 30.6 Å². The monoisotopic (exact) mass is 344 g/mol. The first-order chi connectivity index (χ1) is 12.6. The molecule has 0 aliphatic rings. The van der Waals surface area contributed by atoms with E-state index in [1.54, 1.807) is 6.07 Å². The maximum atomic E-state index is 11.4. The summed E-state index contributed by atoms with van der Waals surface area (Å²) in [5, 5.41) is 3.50. The van der Waals surface area contributed by atoms with E-state index >= 15 is 0 Å². The molecule has 0 spiro atoms. The van der Waals surface area contributed by atoms with E-state index in [0.29, 0.717) is 5.56 Å². The van der Waals surface area contributed by atoms with Crippen LogP contribution in [0.2, 0.25) is 0 Å². The molecule has 0 saturated heterocycles. The van der Waals surface area contributed by atoms with E-state index in [4.69, 9.17) is 5.73 Å². The van der Waals surface area contributed by atoms with Gasteiger partial charge in [0.05, 0.1) is 0 Å². The van der Waals surface area contributed by atoms with E-state index < -0.39 is 5.91 Å². The maximum absolute atomic E-state index is 11.4. The lowest BCUT2D eigenvalue weighted by atomic mass is 9.97. The van der Waals surface area contributed by atoms with Crippen molar-refractivity contribution in [3.8, 4) is 11.1 Å². The summed E-state index contributed by atoms with van der Waals surface area (Å²) in [5.41, 5.74) is 11.9. The lowest BCUT2D eigenvalue weighted by Crippen LogP contribution is -2.16. The lowest BCUT2D eigenvalue weighted by Gasteiger charge is -2.11. The molecule has 3 heteroatoms. The van der Waals surface area contributed by atoms with Crippen LogP contribution in [0.5, 0.6) is 0 Å². The first-order valence-corrected chi connectivity index (χ1v) is 8.88. The molecule has 0 radical (unpaired) electrons. The zero-order valence-electron chi connectivity index (χ0n) is 15.0. The Morgan fingerprint density at radius 2 is 1.73 bits per heavy atom. The molecule has 0 fully saturated rings. The summed E-state index contributed by atoms with van der Waals surface area (Å²) in [4.78, 5) is 11.4. The molecule has 0 unspecified atom stereocenters. The highest BCUT2D eigenvalue weighted by Crippen LogP contribution is 2.25. The highest BCUT2D eigenvalue weighted by atomic mass is 16.1. The number of hydrogen-bond acceptors (Lipinski definition) is 2. The molecule has 3 nitrogen and oxygen atoms in total. The molecule has 0 aliphatic heterocycles. The number of nitrogens with one attached hydrogen (secondary N) is 1. The quantitative estimate of drug-likeness (QED) is 0.634. The number of hydrogen-bond donors (Lipinski definition) is 2. The van der Waals surface area contributed by atoms with Gasteiger partial charge < -0.3 is 11.1 Å². The third kappa shape index (κ3) is 4.58. The summed E-state index contributed by atoms with van der Waals surface area (Å²) >= 11 is 0. The van der Waals surface area contributed by atoms with E-state index in [-0.39, 0.29) is 0 Å². The van der Waals surface area contributed by atoms with Gasteiger partial charge in [-0.25, -0.2) is 0 Å². The minimum Gasteiger partial charge on any atom is -0.366 e. The molecule has 3 rings (SSSR count). The van der Waals surface area contributed by atoms with Gasteiger partial charge in [-0.1, -0.05) is 60.7 Å². The Hall–Kier alpha value is -2.91. The summed E-state index contributed by atoms with van der Waals surface area (Å²) in [6.07, 6.45) is 1.03. The van der Waals surface area contributed by atoms with Crippen LogP contribution in [0.1, 0.15) is 27.0 Å². The van der Waals surface area contributed by atoms with Gasteiger partial charge in [0.1, 0.15) is 0 Å². The number of primary amides is 1. The van der Waals surface area contributed by atoms with Gasteiger partial charge in [-0.15, -0.1) is 0 Å². The van der Waals surface area contributed by atoms with Crippen LogP contribution in [0, 0.1) is 6.92 Å². The second kappa shape index (κ2) is 8.45. The van der Waals surface area contributed by atoms with Crippen molar-refractivity contribution in [2.75, 3.05) is 6.54 Å². The molecule has 3 N–H and O–H groups in total. The first-order valence-electron chi connectivity index (χ1n) is 8.88. The first kappa shape index (κ1) is 17.9. The molecule has 0 heterocycles. The molecule has 132 valence electrons. The van der Waals surface area contributed by atoms with Crippen molar-refractivity contribution in [1.82, 2.24) is 5.32 Å². The third-order valence-electron chi connectivity index (χ3n) is 4.51. The topological polar surface area (TPSA) is 55.1 Å². The van der Waals surface area contributed by atoms with Crippen molar-refractivity contribution < 1.29 is 4.79 Å². The third-order valence-corrected chi connectivity index (χ3v) is 4.51. The number of amides is 1. The number of rotatable bonds is 7. The highest BCUT2D eigenvalue weighted by Gasteiger charge is 2.06. The summed E-state index contributed by atoms with van der Waals surface area (Å²) in [6, 6.07) is 24.4. The van der Waals surface area contributed by atoms with Gasteiger partial charge in [0, 0.05) is 12.1 Å². The standard InChI is InChI=1S/C23H24N2O/c1-17-14-19(16-25-13-12-18-6-3-2-4-7-18)10-11-22(17)20-8-5-9-21(15-20)23(24)26/h2-11,14-15,25H,12-13,16H2,1H3,(H2,24,26). The van der Waals surface area contributed by atoms with Gasteiger partial charge >= 0.3 is 0 Å². The lowest BCUT2D eigenvalue weighted by molar-refractivity contribution is 0.100. The summed E-state index contributed by atoms with van der Waals surface area (Å²) in [7, 11) is 0. The second-order valence-electron chi connectivity index (χ2n) is 6.51. The van der Waals surface area contributed by atoms with Crippen molar-refractivity contribution in [2.45, 2.75) is 19.9 Å². The molecule has 0 aliphatic carbocycles. The van der Waals surface area contributed by atoms with Crippen LogP contribution >= 0.6 is 0 Å². The van der Waals surface area contributed by atoms with Gasteiger partial charge in [-0.05, 0) is 59.8 Å². The zero-order valence-corrected chi connectivity index (χ0v) is 15.0. The fourth-order valence-electron chi connectivity index (χ4n) is 3.11. The van der Waals surface area contributed by atoms with E-state index in [1.165, 1.54) is 16.7 Å². The molecule has 3 aromatic rings. The highest BCUT2D eigenvalue weighted by molar-refractivity contribution is 5.94. The van der Waals surface area contributed by atoms with Gasteiger partial charge in [0.25, 0.3) is 0 Å². The van der Waals surface area contributed by atoms with Gasteiger partial charge in [0.2, 0.25) is 5.91 Å². The SMILES string of the molecule is Cc1cc(CNCCc2ccccc2)ccc1-c1cccc(C(N)=O)c1. The van der Waals surface area contributed by atoms with E-state index in [1.807, 2.05) is 24.3 Å². The Bertz CT molecular complexity index is 888. The largest absolute Gasteiger partial charge is 0.366 e. The second-order valence-corrected chi connectivity index (χ2v) is 6.51. The molecule has 0 saturated carbocycles. The van der Waals surface area contributed by atoms with Gasteiger partial charge in [-0.3, -0.25) is 4.79 Å². The van der Waals surface area contributed by atoms with Crippen LogP contribution in [0.15, 0.2) is 72.8 Å². The van der Waals surface area contributed by atoms with Crippen LogP contribution in [0.3, 0.4) is 0 Å². The number of nitrogens with two attached hydrogens (primary N) is 1. The van der Waals surface area contributed by atoms with Crippen LogP contribution in [-0.4, -0.2) is 12.5 Å². The predicted molar refractivity (Wildman–Crippen MR) is 107 cm³/mol. The molecular weight excluding hydrogens is 320 g/mol. The fourth-order valence-corrected chi connectivity index (χ4v) is 3.11. The van der Waals surface area contributed by atoms with Crippen LogP contribution in [-0.2, 0) is 13.0 Å². The van der Waals surface area contributed by atoms with Crippen molar-refractivity contribution in [1.29, 1.82) is 0 Å². The van der Waals surface area contributed by atoms with Crippen molar-refractivity contribution in [3.63, 3.8) is 0 Å². The summed E-state index contributed by atoms with van der Waals surface area (Å²) < 4.78 is 0. The molecular formula is C23H24N2O. The van der Waals surface area contributed by atoms with E-state index in [9.17, 15) is 4.79 Å². The molecule has 3 aromatic carbocycles. The average molecular weight is 344 g/mol. The van der Waals surface area contributed by atoms with Crippen molar-refractivity contribution >= 4 is 5.91 Å². The molecule has 1 amide bonds. The van der Waals surface area contributed by atoms with Crippen LogP contribution in [0.4, 0.5) is 0 Å². The minimum absolute atomic E-state index is 0.399. The smallest absolute Gasteiger partial charge is 0.248 e. The Balaban J connectivity index is 1.62. The molecule has 0 bridgehead atoms. The molecule has 0 aromatic heterocycles. The fraction of sp³-hybridized carbons (Fsp3) is 0.174. The predicted octanol–water partition coefficient (Wildman–Crippen LogP) is 4.09. The number of benzene rings is 3.